The number of aromatic nitrogens is 1. The molecule has 0 radical (unpaired) electrons. The summed E-state index contributed by atoms with van der Waals surface area (Å²) in [5, 5.41) is 6.73. The van der Waals surface area contributed by atoms with Crippen LogP contribution in [-0.4, -0.2) is 73.2 Å². The molecule has 7 nitrogen and oxygen atoms in total. The minimum absolute atomic E-state index is 0. The van der Waals surface area contributed by atoms with Gasteiger partial charge in [-0.2, -0.15) is 0 Å². The first-order valence-electron chi connectivity index (χ1n) is 8.86. The van der Waals surface area contributed by atoms with E-state index in [4.69, 9.17) is 4.74 Å². The smallest absolute Gasteiger partial charge is 0.409 e. The molecule has 1 aromatic rings. The number of halogens is 1. The molecule has 0 saturated carbocycles. The van der Waals surface area contributed by atoms with E-state index in [0.29, 0.717) is 25.6 Å². The van der Waals surface area contributed by atoms with E-state index in [0.717, 1.165) is 37.7 Å². The first kappa shape index (κ1) is 22.9. The molecule has 9 heteroatoms. The maximum Gasteiger partial charge on any atom is 0.409 e. The average Bonchev–Trinajstić information content (AvgIpc) is 3.08. The van der Waals surface area contributed by atoms with Crippen LogP contribution < -0.4 is 5.32 Å². The largest absolute Gasteiger partial charge is 0.450 e. The number of thiazole rings is 1. The van der Waals surface area contributed by atoms with Crippen molar-refractivity contribution in [2.24, 2.45) is 4.99 Å². The Balaban J connectivity index is 0.00000338. The maximum absolute atomic E-state index is 11.8. The number of hydrogen-bond acceptors (Lipinski definition) is 5. The molecule has 0 aliphatic carbocycles. The zero-order chi connectivity index (χ0) is 18.2. The highest BCUT2D eigenvalue weighted by Crippen LogP contribution is 2.19. The second-order valence-electron chi connectivity index (χ2n) is 6.23. The Labute approximate surface area is 177 Å². The molecule has 0 spiro atoms. The molecule has 1 amide bonds. The van der Waals surface area contributed by atoms with Gasteiger partial charge in [0.1, 0.15) is 0 Å². The first-order valence-corrected chi connectivity index (χ1v) is 9.74. The minimum Gasteiger partial charge on any atom is -0.450 e. The number of aliphatic imine (C=N–C) groups is 1. The number of carbonyl (C=O) groups excluding carboxylic acids is 1. The number of nitrogens with zero attached hydrogens (tertiary/aromatic N) is 4. The summed E-state index contributed by atoms with van der Waals surface area (Å²) in [7, 11) is 1.79. The summed E-state index contributed by atoms with van der Waals surface area (Å²) in [5.41, 5.74) is 1.13. The summed E-state index contributed by atoms with van der Waals surface area (Å²) in [6.45, 7) is 10.2. The van der Waals surface area contributed by atoms with E-state index in [1.165, 1.54) is 5.01 Å². The van der Waals surface area contributed by atoms with E-state index in [-0.39, 0.29) is 30.1 Å². The Bertz CT molecular complexity index is 585. The normalized spacial score (nSPS) is 15.0. The fourth-order valence-corrected chi connectivity index (χ4v) is 3.52. The molecule has 1 aliphatic rings. The molecule has 0 atom stereocenters. The number of guanidine groups is 1. The molecule has 0 aromatic carbocycles. The van der Waals surface area contributed by atoms with Crippen molar-refractivity contribution in [3.8, 4) is 0 Å². The van der Waals surface area contributed by atoms with Gasteiger partial charge in [0, 0.05) is 57.5 Å². The van der Waals surface area contributed by atoms with Crippen LogP contribution in [0, 0.1) is 0 Å². The van der Waals surface area contributed by atoms with Crippen LogP contribution in [0.2, 0.25) is 0 Å². The van der Waals surface area contributed by atoms with E-state index < -0.39 is 0 Å². The fourth-order valence-electron chi connectivity index (χ4n) is 2.65. The molecule has 0 bridgehead atoms. The van der Waals surface area contributed by atoms with Crippen LogP contribution in [-0.2, 0) is 11.2 Å². The number of amides is 1. The maximum atomic E-state index is 11.8. The lowest BCUT2D eigenvalue weighted by molar-refractivity contribution is 0.0915. The molecular weight excluding hydrogens is 465 g/mol. The SMILES string of the molecule is CCOC(=O)N1CCN(C(=NC)NCCc2csc(C(C)C)n2)CC1.I. The third-order valence-electron chi connectivity index (χ3n) is 4.04. The Morgan fingerprint density at radius 1 is 1.35 bits per heavy atom. The minimum atomic E-state index is -0.227. The number of carbonyl (C=O) groups is 1. The van der Waals surface area contributed by atoms with Crippen molar-refractivity contribution < 1.29 is 9.53 Å². The molecule has 1 N–H and O–H groups in total. The Morgan fingerprint density at radius 3 is 2.54 bits per heavy atom. The van der Waals surface area contributed by atoms with Gasteiger partial charge in [0.05, 0.1) is 17.3 Å². The number of piperazine rings is 1. The van der Waals surface area contributed by atoms with Crippen molar-refractivity contribution in [3.05, 3.63) is 16.1 Å². The van der Waals surface area contributed by atoms with Gasteiger partial charge in [0.25, 0.3) is 0 Å². The van der Waals surface area contributed by atoms with Gasteiger partial charge in [-0.1, -0.05) is 13.8 Å². The third-order valence-corrected chi connectivity index (χ3v) is 5.24. The highest BCUT2D eigenvalue weighted by atomic mass is 127. The van der Waals surface area contributed by atoms with Crippen molar-refractivity contribution in [2.45, 2.75) is 33.1 Å². The number of rotatable bonds is 5. The lowest BCUT2D eigenvalue weighted by Gasteiger charge is -2.35. The summed E-state index contributed by atoms with van der Waals surface area (Å²) < 4.78 is 5.05. The van der Waals surface area contributed by atoms with E-state index in [2.05, 4.69) is 39.4 Å². The summed E-state index contributed by atoms with van der Waals surface area (Å²) in [4.78, 5) is 24.7. The lowest BCUT2D eigenvalue weighted by Crippen LogP contribution is -2.54. The van der Waals surface area contributed by atoms with Crippen molar-refractivity contribution in [3.63, 3.8) is 0 Å². The van der Waals surface area contributed by atoms with E-state index in [1.807, 2.05) is 6.92 Å². The van der Waals surface area contributed by atoms with Crippen molar-refractivity contribution >= 4 is 47.4 Å². The molecule has 2 heterocycles. The van der Waals surface area contributed by atoms with Crippen LogP contribution in [0.5, 0.6) is 0 Å². The fraction of sp³-hybridized carbons (Fsp3) is 0.706. The van der Waals surface area contributed by atoms with Gasteiger partial charge in [-0.25, -0.2) is 9.78 Å². The van der Waals surface area contributed by atoms with E-state index in [1.54, 1.807) is 23.3 Å². The first-order chi connectivity index (χ1) is 12.0. The summed E-state index contributed by atoms with van der Waals surface area (Å²) in [5.74, 6) is 1.36. The third kappa shape index (κ3) is 6.57. The number of hydrogen-bond donors (Lipinski definition) is 1. The van der Waals surface area contributed by atoms with Gasteiger partial charge in [-0.05, 0) is 6.92 Å². The quantitative estimate of drug-likeness (QED) is 0.387. The predicted molar refractivity (Wildman–Crippen MR) is 117 cm³/mol. The van der Waals surface area contributed by atoms with E-state index in [9.17, 15) is 4.79 Å². The molecule has 26 heavy (non-hydrogen) atoms. The predicted octanol–water partition coefficient (Wildman–Crippen LogP) is 2.78. The van der Waals surface area contributed by atoms with Crippen LogP contribution in [0.25, 0.3) is 0 Å². The molecule has 148 valence electrons. The average molecular weight is 495 g/mol. The Morgan fingerprint density at radius 2 is 2.00 bits per heavy atom. The summed E-state index contributed by atoms with van der Waals surface area (Å²) in [6, 6.07) is 0. The van der Waals surface area contributed by atoms with Crippen molar-refractivity contribution in [2.75, 3.05) is 46.4 Å². The molecular formula is C17H30IN5O2S. The van der Waals surface area contributed by atoms with Crippen molar-refractivity contribution in [1.82, 2.24) is 20.1 Å². The molecule has 1 aliphatic heterocycles. The van der Waals surface area contributed by atoms with Crippen LogP contribution >= 0.6 is 35.3 Å². The monoisotopic (exact) mass is 495 g/mol. The van der Waals surface area contributed by atoms with Crippen LogP contribution in [0.3, 0.4) is 0 Å². The summed E-state index contributed by atoms with van der Waals surface area (Å²) in [6.07, 6.45) is 0.653. The Kier molecular flexibility index (Phi) is 10.2. The topological polar surface area (TPSA) is 70.1 Å². The second kappa shape index (κ2) is 11.6. The molecule has 1 aromatic heterocycles. The molecule has 0 unspecified atom stereocenters. The zero-order valence-electron chi connectivity index (χ0n) is 16.0. The van der Waals surface area contributed by atoms with E-state index >= 15 is 0 Å². The molecule has 1 saturated heterocycles. The van der Waals surface area contributed by atoms with Gasteiger partial charge >= 0.3 is 6.09 Å². The highest BCUT2D eigenvalue weighted by molar-refractivity contribution is 14.0. The van der Waals surface area contributed by atoms with Crippen molar-refractivity contribution in [1.29, 1.82) is 0 Å². The Hall–Kier alpha value is -1.10. The number of ether oxygens (including phenoxy) is 1. The van der Waals surface area contributed by atoms with Gasteiger partial charge in [-0.3, -0.25) is 4.99 Å². The van der Waals surface area contributed by atoms with Gasteiger partial charge in [0.2, 0.25) is 0 Å². The van der Waals surface area contributed by atoms with Crippen LogP contribution in [0.1, 0.15) is 37.4 Å². The van der Waals surface area contributed by atoms with Crippen LogP contribution in [0.4, 0.5) is 4.79 Å². The van der Waals surface area contributed by atoms with Gasteiger partial charge in [-0.15, -0.1) is 35.3 Å². The second-order valence-corrected chi connectivity index (χ2v) is 7.12. The zero-order valence-corrected chi connectivity index (χ0v) is 19.2. The van der Waals surface area contributed by atoms with Gasteiger partial charge in [0.15, 0.2) is 5.96 Å². The standard InChI is InChI=1S/C17H29N5O2S.HI/c1-5-24-17(23)22-10-8-21(9-11-22)16(18-4)19-7-6-14-12-25-15(20-14)13(2)3;/h12-13H,5-11H2,1-4H3,(H,18,19);1H. The van der Waals surface area contributed by atoms with Crippen LogP contribution in [0.15, 0.2) is 10.4 Å². The van der Waals surface area contributed by atoms with Gasteiger partial charge < -0.3 is 19.9 Å². The summed E-state index contributed by atoms with van der Waals surface area (Å²) >= 11 is 1.73. The molecule has 1 fully saturated rings. The molecule has 2 rings (SSSR count). The lowest BCUT2D eigenvalue weighted by atomic mass is 10.2. The number of nitrogens with one attached hydrogen (secondary N) is 1. The highest BCUT2D eigenvalue weighted by Gasteiger charge is 2.23.